The number of carbonyl (C=O) groups excluding carboxylic acids is 2. The van der Waals surface area contributed by atoms with Crippen LogP contribution < -0.4 is 9.63 Å². The van der Waals surface area contributed by atoms with Crippen molar-refractivity contribution < 1.29 is 27.5 Å². The van der Waals surface area contributed by atoms with Crippen molar-refractivity contribution in [2.24, 2.45) is 0 Å². The maximum atomic E-state index is 12.7. The van der Waals surface area contributed by atoms with E-state index in [9.17, 15) is 23.2 Å². The average Bonchev–Trinajstić information content (AvgIpc) is 3.00. The first kappa shape index (κ1) is 18.8. The number of benzene rings is 1. The van der Waals surface area contributed by atoms with Gasteiger partial charge in [-0.3, -0.25) is 4.79 Å². The number of aromatic nitrogens is 1. The molecule has 27 heavy (non-hydrogen) atoms. The molecular weight excluding hydrogens is 372 g/mol. The van der Waals surface area contributed by atoms with Crippen LogP contribution in [0, 0.1) is 5.21 Å². The third-order valence-corrected chi connectivity index (χ3v) is 5.99. The summed E-state index contributed by atoms with van der Waals surface area (Å²) in [6.45, 7) is -0.531. The van der Waals surface area contributed by atoms with E-state index in [0.29, 0.717) is 16.8 Å². The second-order valence-corrected chi connectivity index (χ2v) is 8.41. The fourth-order valence-corrected chi connectivity index (χ4v) is 4.65. The summed E-state index contributed by atoms with van der Waals surface area (Å²) < 4.78 is 29.2. The maximum absolute atomic E-state index is 12.7. The lowest BCUT2D eigenvalue weighted by molar-refractivity contribution is -0.605. The fourth-order valence-electron chi connectivity index (χ4n) is 2.96. The highest BCUT2D eigenvalue weighted by Gasteiger charge is 2.35. The predicted molar refractivity (Wildman–Crippen MR) is 96.7 cm³/mol. The van der Waals surface area contributed by atoms with Crippen LogP contribution in [0.3, 0.4) is 0 Å². The van der Waals surface area contributed by atoms with Gasteiger partial charge in [-0.1, -0.05) is 18.2 Å². The third kappa shape index (κ3) is 4.62. The van der Waals surface area contributed by atoms with E-state index in [4.69, 9.17) is 4.74 Å². The van der Waals surface area contributed by atoms with Gasteiger partial charge >= 0.3 is 5.97 Å². The molecule has 2 aromatic rings. The lowest BCUT2D eigenvalue weighted by Gasteiger charge is -2.28. The Morgan fingerprint density at radius 1 is 1.15 bits per heavy atom. The van der Waals surface area contributed by atoms with E-state index >= 15 is 0 Å². The van der Waals surface area contributed by atoms with E-state index in [-0.39, 0.29) is 17.1 Å². The highest BCUT2D eigenvalue weighted by Crippen LogP contribution is 2.24. The molecule has 0 aliphatic carbocycles. The molecule has 0 saturated carbocycles. The SMILES string of the molecule is O=C(OCC(=O)N(c1ccccc1)[C@H]1CCS(=O)(=O)C1)c1cc[n+]([O-])cc1. The molecule has 2 heterocycles. The molecule has 0 N–H and O–H groups in total. The van der Waals surface area contributed by atoms with Crippen molar-refractivity contribution in [1.82, 2.24) is 0 Å². The van der Waals surface area contributed by atoms with E-state index in [1.165, 1.54) is 17.0 Å². The highest BCUT2D eigenvalue weighted by atomic mass is 32.2. The second-order valence-electron chi connectivity index (χ2n) is 6.18. The van der Waals surface area contributed by atoms with E-state index in [1.807, 2.05) is 0 Å². The van der Waals surface area contributed by atoms with Gasteiger partial charge in [0.05, 0.1) is 23.1 Å². The van der Waals surface area contributed by atoms with Gasteiger partial charge in [0, 0.05) is 17.8 Å². The Kier molecular flexibility index (Phi) is 5.41. The van der Waals surface area contributed by atoms with Crippen LogP contribution >= 0.6 is 0 Å². The summed E-state index contributed by atoms with van der Waals surface area (Å²) in [6, 6.07) is 10.8. The van der Waals surface area contributed by atoms with Gasteiger partial charge in [0.15, 0.2) is 28.8 Å². The number of hydrogen-bond acceptors (Lipinski definition) is 6. The predicted octanol–water partition coefficient (Wildman–Crippen LogP) is 0.697. The topological polar surface area (TPSA) is 108 Å². The van der Waals surface area contributed by atoms with Gasteiger partial charge in [-0.2, -0.15) is 4.73 Å². The van der Waals surface area contributed by atoms with Crippen molar-refractivity contribution in [3.63, 3.8) is 0 Å². The Labute approximate surface area is 156 Å². The van der Waals surface area contributed by atoms with Crippen LogP contribution in [0.1, 0.15) is 16.8 Å². The van der Waals surface area contributed by atoms with Crippen LogP contribution in [0.5, 0.6) is 0 Å². The van der Waals surface area contributed by atoms with Gasteiger partial charge in [-0.25, -0.2) is 13.2 Å². The first-order valence-electron chi connectivity index (χ1n) is 8.29. The van der Waals surface area contributed by atoms with Crippen LogP contribution in [0.4, 0.5) is 5.69 Å². The summed E-state index contributed by atoms with van der Waals surface area (Å²) in [6.07, 6.45) is 2.63. The minimum atomic E-state index is -3.19. The molecular formula is C18H18N2O6S. The second kappa shape index (κ2) is 7.75. The molecule has 9 heteroatoms. The number of rotatable bonds is 5. The summed E-state index contributed by atoms with van der Waals surface area (Å²) in [5.74, 6) is -1.35. The molecule has 1 aromatic carbocycles. The van der Waals surface area contributed by atoms with E-state index < -0.39 is 34.4 Å². The van der Waals surface area contributed by atoms with Crippen molar-refractivity contribution in [3.05, 3.63) is 65.6 Å². The monoisotopic (exact) mass is 390 g/mol. The number of carbonyl (C=O) groups is 2. The molecule has 1 amide bonds. The highest BCUT2D eigenvalue weighted by molar-refractivity contribution is 7.91. The number of ether oxygens (including phenoxy) is 1. The standard InChI is InChI=1S/C18H18N2O6S/c21-17(12-26-18(22)14-6-9-19(23)10-7-14)20(15-4-2-1-3-5-15)16-8-11-27(24,25)13-16/h1-7,9-10,16H,8,11-13H2/t16-/m0/s1. The zero-order valence-corrected chi connectivity index (χ0v) is 15.2. The number of nitrogens with zero attached hydrogens (tertiary/aromatic N) is 2. The van der Waals surface area contributed by atoms with Crippen LogP contribution in [0.2, 0.25) is 0 Å². The van der Waals surface area contributed by atoms with Crippen LogP contribution in [0.25, 0.3) is 0 Å². The van der Waals surface area contributed by atoms with E-state index in [1.54, 1.807) is 30.3 Å². The van der Waals surface area contributed by atoms with Crippen molar-refractivity contribution in [1.29, 1.82) is 0 Å². The molecule has 3 rings (SSSR count). The van der Waals surface area contributed by atoms with Crippen molar-refractivity contribution in [2.75, 3.05) is 23.0 Å². The Hall–Kier alpha value is -2.94. The average molecular weight is 390 g/mol. The van der Waals surface area contributed by atoms with Gasteiger partial charge in [-0.05, 0) is 18.6 Å². The Bertz CT molecular complexity index is 928. The largest absolute Gasteiger partial charge is 0.619 e. The number of hydrogen-bond donors (Lipinski definition) is 0. The summed E-state index contributed by atoms with van der Waals surface area (Å²) in [7, 11) is -3.19. The number of sulfone groups is 1. The van der Waals surface area contributed by atoms with Gasteiger partial charge in [-0.15, -0.1) is 0 Å². The summed E-state index contributed by atoms with van der Waals surface area (Å²) in [5, 5.41) is 11.0. The summed E-state index contributed by atoms with van der Waals surface area (Å²) >= 11 is 0. The smallest absolute Gasteiger partial charge is 0.339 e. The van der Waals surface area contributed by atoms with Crippen LogP contribution in [-0.2, 0) is 19.4 Å². The molecule has 1 aromatic heterocycles. The molecule has 1 aliphatic heterocycles. The molecule has 0 spiro atoms. The van der Waals surface area contributed by atoms with Crippen molar-refractivity contribution in [3.8, 4) is 0 Å². The maximum Gasteiger partial charge on any atom is 0.339 e. The number of pyridine rings is 1. The Morgan fingerprint density at radius 2 is 1.81 bits per heavy atom. The quantitative estimate of drug-likeness (QED) is 0.422. The molecule has 1 atom stereocenters. The molecule has 1 saturated heterocycles. The van der Waals surface area contributed by atoms with Gasteiger partial charge in [0.2, 0.25) is 0 Å². The number of esters is 1. The number of amides is 1. The molecule has 1 fully saturated rings. The lowest BCUT2D eigenvalue weighted by atomic mass is 10.2. The Morgan fingerprint density at radius 3 is 2.41 bits per heavy atom. The van der Waals surface area contributed by atoms with Gasteiger partial charge < -0.3 is 14.8 Å². The normalized spacial score (nSPS) is 18.0. The first-order valence-corrected chi connectivity index (χ1v) is 10.1. The van der Waals surface area contributed by atoms with Gasteiger partial charge in [0.25, 0.3) is 5.91 Å². The zero-order valence-electron chi connectivity index (χ0n) is 14.4. The molecule has 0 bridgehead atoms. The fraction of sp³-hybridized carbons (Fsp3) is 0.278. The lowest BCUT2D eigenvalue weighted by Crippen LogP contribution is -2.43. The molecule has 8 nitrogen and oxygen atoms in total. The van der Waals surface area contributed by atoms with Crippen molar-refractivity contribution in [2.45, 2.75) is 12.5 Å². The van der Waals surface area contributed by atoms with E-state index in [0.717, 1.165) is 12.4 Å². The summed E-state index contributed by atoms with van der Waals surface area (Å²) in [4.78, 5) is 26.2. The third-order valence-electron chi connectivity index (χ3n) is 4.24. The van der Waals surface area contributed by atoms with Crippen LogP contribution in [-0.4, -0.2) is 44.4 Å². The van der Waals surface area contributed by atoms with Crippen molar-refractivity contribution >= 4 is 27.4 Å². The minimum Gasteiger partial charge on any atom is -0.619 e. The number of para-hydroxylation sites is 1. The Balaban J connectivity index is 1.73. The zero-order chi connectivity index (χ0) is 19.4. The van der Waals surface area contributed by atoms with Gasteiger partial charge in [0.1, 0.15) is 0 Å². The molecule has 142 valence electrons. The first-order chi connectivity index (χ1) is 12.9. The minimum absolute atomic E-state index is 0.0211. The molecule has 0 radical (unpaired) electrons. The molecule has 0 unspecified atom stereocenters. The molecule has 1 aliphatic rings. The number of anilines is 1. The summed E-state index contributed by atoms with van der Waals surface area (Å²) in [5.41, 5.74) is 0.692. The van der Waals surface area contributed by atoms with E-state index in [2.05, 4.69) is 0 Å². The van der Waals surface area contributed by atoms with Crippen LogP contribution in [0.15, 0.2) is 54.9 Å².